The van der Waals surface area contributed by atoms with Crippen LogP contribution in [-0.4, -0.2) is 6.54 Å². The number of benzene rings is 2. The predicted octanol–water partition coefficient (Wildman–Crippen LogP) is 4.49. The third-order valence-corrected chi connectivity index (χ3v) is 3.70. The first kappa shape index (κ1) is 15.6. The van der Waals surface area contributed by atoms with Gasteiger partial charge in [-0.2, -0.15) is 0 Å². The van der Waals surface area contributed by atoms with Gasteiger partial charge in [-0.3, -0.25) is 0 Å². The van der Waals surface area contributed by atoms with Crippen molar-refractivity contribution in [2.24, 2.45) is 5.92 Å². The number of hydrogen-bond acceptors (Lipinski definition) is 1. The summed E-state index contributed by atoms with van der Waals surface area (Å²) in [4.78, 5) is 0. The van der Waals surface area contributed by atoms with E-state index in [1.54, 1.807) is 0 Å². The summed E-state index contributed by atoms with van der Waals surface area (Å²) in [6.07, 6.45) is 0.496. The van der Waals surface area contributed by atoms with Crippen LogP contribution in [0.5, 0.6) is 0 Å². The summed E-state index contributed by atoms with van der Waals surface area (Å²) in [6.45, 7) is 4.94. The van der Waals surface area contributed by atoms with Crippen molar-refractivity contribution < 1.29 is 8.78 Å². The molecule has 0 aliphatic heterocycles. The largest absolute Gasteiger partial charge is 0.310 e. The summed E-state index contributed by atoms with van der Waals surface area (Å²) in [6, 6.07) is 13.9. The summed E-state index contributed by atoms with van der Waals surface area (Å²) >= 11 is 0. The Kier molecular flexibility index (Phi) is 5.45. The maximum Gasteiger partial charge on any atom is 0.126 e. The molecule has 0 bridgehead atoms. The molecule has 0 fully saturated rings. The molecule has 2 aromatic rings. The van der Waals surface area contributed by atoms with Crippen LogP contribution in [0, 0.1) is 17.6 Å². The monoisotopic (exact) mass is 289 g/mol. The summed E-state index contributed by atoms with van der Waals surface area (Å²) in [5.41, 5.74) is 1.60. The third kappa shape index (κ3) is 4.11. The van der Waals surface area contributed by atoms with Crippen molar-refractivity contribution >= 4 is 0 Å². The molecule has 0 saturated carbocycles. The fourth-order valence-electron chi connectivity index (χ4n) is 2.69. The van der Waals surface area contributed by atoms with Crippen LogP contribution in [0.15, 0.2) is 48.5 Å². The molecule has 1 N–H and O–H groups in total. The molecular formula is C18H21F2N. The Labute approximate surface area is 125 Å². The van der Waals surface area contributed by atoms with Crippen molar-refractivity contribution in [1.82, 2.24) is 5.32 Å². The van der Waals surface area contributed by atoms with E-state index in [1.807, 2.05) is 25.1 Å². The lowest BCUT2D eigenvalue weighted by molar-refractivity contribution is 0.386. The van der Waals surface area contributed by atoms with Crippen molar-refractivity contribution in [3.8, 4) is 0 Å². The first-order valence-electron chi connectivity index (χ1n) is 7.34. The smallest absolute Gasteiger partial charge is 0.126 e. The molecule has 0 spiro atoms. The van der Waals surface area contributed by atoms with Gasteiger partial charge in [0.05, 0.1) is 0 Å². The molecule has 0 aliphatic carbocycles. The highest BCUT2D eigenvalue weighted by molar-refractivity contribution is 5.23. The minimum absolute atomic E-state index is 0.124. The number of halogens is 2. The van der Waals surface area contributed by atoms with Crippen LogP contribution in [0.3, 0.4) is 0 Å². The van der Waals surface area contributed by atoms with Gasteiger partial charge in [0.15, 0.2) is 0 Å². The second kappa shape index (κ2) is 7.32. The lowest BCUT2D eigenvalue weighted by Crippen LogP contribution is -2.28. The van der Waals surface area contributed by atoms with Gasteiger partial charge in [0, 0.05) is 6.04 Å². The molecule has 2 aromatic carbocycles. The van der Waals surface area contributed by atoms with Crippen molar-refractivity contribution in [2.75, 3.05) is 6.54 Å². The molecule has 3 heteroatoms. The predicted molar refractivity (Wildman–Crippen MR) is 82.1 cm³/mol. The van der Waals surface area contributed by atoms with Gasteiger partial charge in [-0.05, 0) is 48.2 Å². The summed E-state index contributed by atoms with van der Waals surface area (Å²) in [5.74, 6) is -0.575. The molecule has 2 rings (SSSR count). The first-order valence-corrected chi connectivity index (χ1v) is 7.34. The van der Waals surface area contributed by atoms with Gasteiger partial charge in [-0.15, -0.1) is 0 Å². The van der Waals surface area contributed by atoms with E-state index in [2.05, 4.69) is 24.4 Å². The second-order valence-corrected chi connectivity index (χ2v) is 5.36. The van der Waals surface area contributed by atoms with Crippen molar-refractivity contribution in [2.45, 2.75) is 26.3 Å². The molecule has 21 heavy (non-hydrogen) atoms. The Morgan fingerprint density at radius 2 is 1.76 bits per heavy atom. The zero-order chi connectivity index (χ0) is 15.2. The summed E-state index contributed by atoms with van der Waals surface area (Å²) in [5, 5.41) is 3.44. The molecule has 2 unspecified atom stereocenters. The normalized spacial score (nSPS) is 13.9. The molecule has 0 heterocycles. The van der Waals surface area contributed by atoms with E-state index in [-0.39, 0.29) is 17.8 Å². The molecule has 0 aromatic heterocycles. The highest BCUT2D eigenvalue weighted by atomic mass is 19.1. The Morgan fingerprint density at radius 1 is 1.05 bits per heavy atom. The average Bonchev–Trinajstić information content (AvgIpc) is 2.49. The lowest BCUT2D eigenvalue weighted by atomic mass is 9.89. The van der Waals surface area contributed by atoms with Crippen LogP contribution < -0.4 is 5.32 Å². The van der Waals surface area contributed by atoms with E-state index in [0.29, 0.717) is 12.0 Å². The molecule has 1 nitrogen and oxygen atoms in total. The van der Waals surface area contributed by atoms with Crippen LogP contribution in [0.1, 0.15) is 31.0 Å². The van der Waals surface area contributed by atoms with Gasteiger partial charge in [-0.1, -0.05) is 44.2 Å². The highest BCUT2D eigenvalue weighted by Crippen LogP contribution is 2.26. The topological polar surface area (TPSA) is 12.0 Å². The second-order valence-electron chi connectivity index (χ2n) is 5.36. The van der Waals surface area contributed by atoms with Crippen molar-refractivity contribution in [3.05, 3.63) is 71.3 Å². The SMILES string of the molecule is CCNC(c1ccccc1)C(C)Cc1cc(F)ccc1F. The number of rotatable bonds is 6. The standard InChI is InChI=1S/C18H21F2N/c1-3-21-18(14-7-5-4-6-8-14)13(2)11-15-12-16(19)9-10-17(15)20/h4-10,12-13,18,21H,3,11H2,1-2H3. The van der Waals surface area contributed by atoms with Gasteiger partial charge in [0.1, 0.15) is 11.6 Å². The van der Waals surface area contributed by atoms with Crippen LogP contribution >= 0.6 is 0 Å². The Bertz CT molecular complexity index is 569. The summed E-state index contributed by atoms with van der Waals surface area (Å²) < 4.78 is 27.1. The Balaban J connectivity index is 2.19. The number of nitrogens with one attached hydrogen (secondary N) is 1. The van der Waals surface area contributed by atoms with E-state index >= 15 is 0 Å². The fourth-order valence-corrected chi connectivity index (χ4v) is 2.69. The third-order valence-electron chi connectivity index (χ3n) is 3.70. The van der Waals surface area contributed by atoms with Crippen LogP contribution in [-0.2, 0) is 6.42 Å². The summed E-state index contributed by atoms with van der Waals surface area (Å²) in [7, 11) is 0. The maximum atomic E-state index is 13.8. The van der Waals surface area contributed by atoms with E-state index in [4.69, 9.17) is 0 Å². The van der Waals surface area contributed by atoms with Crippen molar-refractivity contribution in [3.63, 3.8) is 0 Å². The minimum atomic E-state index is -0.390. The quantitative estimate of drug-likeness (QED) is 0.826. The average molecular weight is 289 g/mol. The van der Waals surface area contributed by atoms with Gasteiger partial charge < -0.3 is 5.32 Å². The van der Waals surface area contributed by atoms with Gasteiger partial charge in [-0.25, -0.2) is 8.78 Å². The molecule has 0 saturated heterocycles. The van der Waals surface area contributed by atoms with Gasteiger partial charge in [0.2, 0.25) is 0 Å². The van der Waals surface area contributed by atoms with Crippen LogP contribution in [0.4, 0.5) is 8.78 Å². The zero-order valence-electron chi connectivity index (χ0n) is 12.4. The molecule has 0 amide bonds. The fraction of sp³-hybridized carbons (Fsp3) is 0.333. The van der Waals surface area contributed by atoms with E-state index in [9.17, 15) is 8.78 Å². The first-order chi connectivity index (χ1) is 10.1. The Hall–Kier alpha value is -1.74. The molecule has 0 radical (unpaired) electrons. The maximum absolute atomic E-state index is 13.8. The van der Waals surface area contributed by atoms with E-state index in [1.165, 1.54) is 17.7 Å². The zero-order valence-corrected chi connectivity index (χ0v) is 12.4. The molecule has 0 aliphatic rings. The van der Waals surface area contributed by atoms with Crippen molar-refractivity contribution in [1.29, 1.82) is 0 Å². The minimum Gasteiger partial charge on any atom is -0.310 e. The molecule has 112 valence electrons. The molecule has 2 atom stereocenters. The van der Waals surface area contributed by atoms with E-state index in [0.717, 1.165) is 12.6 Å². The van der Waals surface area contributed by atoms with Crippen LogP contribution in [0.2, 0.25) is 0 Å². The van der Waals surface area contributed by atoms with Crippen LogP contribution in [0.25, 0.3) is 0 Å². The van der Waals surface area contributed by atoms with E-state index < -0.39 is 5.82 Å². The number of hydrogen-bond donors (Lipinski definition) is 1. The lowest BCUT2D eigenvalue weighted by Gasteiger charge is -2.25. The highest BCUT2D eigenvalue weighted by Gasteiger charge is 2.20. The molecular weight excluding hydrogens is 268 g/mol. The Morgan fingerprint density at radius 3 is 2.43 bits per heavy atom. The van der Waals surface area contributed by atoms with Gasteiger partial charge in [0.25, 0.3) is 0 Å². The van der Waals surface area contributed by atoms with Gasteiger partial charge >= 0.3 is 0 Å².